The quantitative estimate of drug-likeness (QED) is 0.716. The van der Waals surface area contributed by atoms with Gasteiger partial charge in [0.2, 0.25) is 10.0 Å². The predicted octanol–water partition coefficient (Wildman–Crippen LogP) is -0.0847. The Balaban J connectivity index is 1.86. The molecular weight excluding hydrogens is 324 g/mol. The third-order valence-corrected chi connectivity index (χ3v) is 5.27. The number of rotatable bonds is 7. The summed E-state index contributed by atoms with van der Waals surface area (Å²) in [5, 5.41) is 11.2. The number of hydrogen-bond acceptors (Lipinski definition) is 5. The van der Waals surface area contributed by atoms with Crippen molar-refractivity contribution in [1.29, 1.82) is 0 Å². The lowest BCUT2D eigenvalue weighted by Gasteiger charge is -2.14. The summed E-state index contributed by atoms with van der Waals surface area (Å²) >= 11 is 0. The van der Waals surface area contributed by atoms with Crippen molar-refractivity contribution >= 4 is 21.9 Å². The molecule has 1 amide bonds. The Kier molecular flexibility index (Phi) is 5.56. The molecule has 1 aliphatic heterocycles. The number of carbonyl (C=O) groups is 2. The van der Waals surface area contributed by atoms with Crippen LogP contribution in [0.5, 0.6) is 5.75 Å². The number of carboxylic acid groups (broad SMARTS) is 1. The lowest BCUT2D eigenvalue weighted by atomic mass is 10.2. The highest BCUT2D eigenvalue weighted by Crippen LogP contribution is 2.14. The molecule has 126 valence electrons. The predicted molar refractivity (Wildman–Crippen MR) is 81.9 cm³/mol. The molecule has 1 fully saturated rings. The maximum atomic E-state index is 12.0. The number of nitrogens with zero attached hydrogens (tertiary/aromatic N) is 1. The second-order valence-electron chi connectivity index (χ2n) is 5.03. The number of hydrogen-bond donors (Lipinski definition) is 2. The number of carbonyl (C=O) groups excluding carboxylic acids is 1. The van der Waals surface area contributed by atoms with E-state index in [4.69, 9.17) is 9.84 Å². The smallest absolute Gasteiger partial charge is 0.341 e. The van der Waals surface area contributed by atoms with E-state index in [9.17, 15) is 18.0 Å². The van der Waals surface area contributed by atoms with E-state index < -0.39 is 22.6 Å². The number of amides is 1. The Bertz CT molecular complexity index is 688. The van der Waals surface area contributed by atoms with E-state index in [0.717, 1.165) is 0 Å². The molecule has 0 atom stereocenters. The second kappa shape index (κ2) is 7.42. The minimum absolute atomic E-state index is 0.157. The average Bonchev–Trinajstić information content (AvgIpc) is 2.84. The van der Waals surface area contributed by atoms with Gasteiger partial charge in [-0.05, 0) is 24.6 Å². The average molecular weight is 342 g/mol. The summed E-state index contributed by atoms with van der Waals surface area (Å²) in [4.78, 5) is 22.5. The minimum Gasteiger partial charge on any atom is -0.482 e. The summed E-state index contributed by atoms with van der Waals surface area (Å²) in [5.41, 5.74) is 0.317. The number of benzene rings is 1. The summed E-state index contributed by atoms with van der Waals surface area (Å²) in [5.74, 6) is -1.04. The van der Waals surface area contributed by atoms with Crippen LogP contribution in [0.1, 0.15) is 16.8 Å². The molecule has 0 unspecified atom stereocenters. The van der Waals surface area contributed by atoms with Crippen molar-refractivity contribution in [3.05, 3.63) is 29.8 Å². The molecule has 1 heterocycles. The molecule has 1 aromatic carbocycles. The molecule has 9 heteroatoms. The number of sulfonamides is 1. The van der Waals surface area contributed by atoms with Crippen LogP contribution in [0.15, 0.2) is 24.3 Å². The molecular formula is C14H18N2O6S. The minimum atomic E-state index is -3.17. The Labute approximate surface area is 134 Å². The van der Waals surface area contributed by atoms with Crippen molar-refractivity contribution in [1.82, 2.24) is 9.62 Å². The van der Waals surface area contributed by atoms with Gasteiger partial charge in [-0.2, -0.15) is 0 Å². The summed E-state index contributed by atoms with van der Waals surface area (Å²) in [6, 6.07) is 6.13. The first-order valence-electron chi connectivity index (χ1n) is 7.09. The van der Waals surface area contributed by atoms with Crippen LogP contribution in [0.2, 0.25) is 0 Å². The standard InChI is InChI=1S/C14H18N2O6S/c17-13(18)10-22-12-4-1-3-11(9-12)14(19)15-5-7-16-6-2-8-23(16,20)21/h1,3-4,9H,2,5-8,10H2,(H,15,19)(H,17,18). The van der Waals surface area contributed by atoms with Gasteiger partial charge in [0.15, 0.2) is 6.61 Å². The fraction of sp³-hybridized carbons (Fsp3) is 0.429. The molecule has 0 saturated carbocycles. The maximum Gasteiger partial charge on any atom is 0.341 e. The number of nitrogens with one attached hydrogen (secondary N) is 1. The fourth-order valence-corrected chi connectivity index (χ4v) is 3.74. The largest absolute Gasteiger partial charge is 0.482 e. The van der Waals surface area contributed by atoms with Gasteiger partial charge in [0.05, 0.1) is 5.75 Å². The zero-order chi connectivity index (χ0) is 16.9. The van der Waals surface area contributed by atoms with Crippen molar-refractivity contribution in [3.63, 3.8) is 0 Å². The first-order chi connectivity index (χ1) is 10.9. The molecule has 0 bridgehead atoms. The lowest BCUT2D eigenvalue weighted by molar-refractivity contribution is -0.139. The van der Waals surface area contributed by atoms with Crippen molar-refractivity contribution in [2.45, 2.75) is 6.42 Å². The summed E-state index contributed by atoms with van der Waals surface area (Å²) in [6.07, 6.45) is 0.610. The van der Waals surface area contributed by atoms with Gasteiger partial charge in [0.1, 0.15) is 5.75 Å². The van der Waals surface area contributed by atoms with E-state index in [-0.39, 0.29) is 30.5 Å². The van der Waals surface area contributed by atoms with Gasteiger partial charge < -0.3 is 15.2 Å². The van der Waals surface area contributed by atoms with Crippen LogP contribution in [0.4, 0.5) is 0 Å². The normalized spacial score (nSPS) is 16.9. The van der Waals surface area contributed by atoms with Crippen molar-refractivity contribution < 1.29 is 27.9 Å². The van der Waals surface area contributed by atoms with Gasteiger partial charge in [-0.1, -0.05) is 6.07 Å². The Morgan fingerprint density at radius 3 is 2.78 bits per heavy atom. The van der Waals surface area contributed by atoms with Gasteiger partial charge in [-0.3, -0.25) is 4.79 Å². The Morgan fingerprint density at radius 2 is 2.13 bits per heavy atom. The highest BCUT2D eigenvalue weighted by Gasteiger charge is 2.27. The first-order valence-corrected chi connectivity index (χ1v) is 8.70. The molecule has 2 rings (SSSR count). The van der Waals surface area contributed by atoms with Crippen LogP contribution in [0, 0.1) is 0 Å². The lowest BCUT2D eigenvalue weighted by Crippen LogP contribution is -2.35. The Morgan fingerprint density at radius 1 is 1.35 bits per heavy atom. The van der Waals surface area contributed by atoms with E-state index in [0.29, 0.717) is 18.5 Å². The summed E-state index contributed by atoms with van der Waals surface area (Å²) in [6.45, 7) is 0.441. The molecule has 2 N–H and O–H groups in total. The van der Waals surface area contributed by atoms with Crippen molar-refractivity contribution in [3.8, 4) is 5.75 Å². The summed E-state index contributed by atoms with van der Waals surface area (Å²) in [7, 11) is -3.17. The molecule has 8 nitrogen and oxygen atoms in total. The molecule has 0 radical (unpaired) electrons. The van der Waals surface area contributed by atoms with E-state index in [2.05, 4.69) is 5.32 Å². The van der Waals surface area contributed by atoms with Crippen LogP contribution in [-0.2, 0) is 14.8 Å². The zero-order valence-corrected chi connectivity index (χ0v) is 13.2. The molecule has 1 aromatic rings. The number of ether oxygens (including phenoxy) is 1. The Hall–Kier alpha value is -2.13. The van der Waals surface area contributed by atoms with E-state index in [1.165, 1.54) is 10.4 Å². The van der Waals surface area contributed by atoms with Crippen LogP contribution >= 0.6 is 0 Å². The molecule has 0 aromatic heterocycles. The van der Waals surface area contributed by atoms with Gasteiger partial charge in [0, 0.05) is 25.2 Å². The van der Waals surface area contributed by atoms with Gasteiger partial charge >= 0.3 is 5.97 Å². The molecule has 1 saturated heterocycles. The van der Waals surface area contributed by atoms with Crippen molar-refractivity contribution in [2.75, 3.05) is 32.0 Å². The van der Waals surface area contributed by atoms with Crippen LogP contribution in [0.25, 0.3) is 0 Å². The van der Waals surface area contributed by atoms with E-state index in [1.807, 2.05) is 0 Å². The molecule has 0 spiro atoms. The SMILES string of the molecule is O=C(O)COc1cccc(C(=O)NCCN2CCCS2(=O)=O)c1. The van der Waals surface area contributed by atoms with Gasteiger partial charge in [-0.25, -0.2) is 17.5 Å². The zero-order valence-electron chi connectivity index (χ0n) is 12.4. The first kappa shape index (κ1) is 17.2. The third-order valence-electron chi connectivity index (χ3n) is 3.31. The maximum absolute atomic E-state index is 12.0. The van der Waals surface area contributed by atoms with Crippen molar-refractivity contribution in [2.24, 2.45) is 0 Å². The second-order valence-corrected chi connectivity index (χ2v) is 7.12. The fourth-order valence-electron chi connectivity index (χ4n) is 2.21. The highest BCUT2D eigenvalue weighted by molar-refractivity contribution is 7.89. The number of aliphatic carboxylic acids is 1. The van der Waals surface area contributed by atoms with E-state index >= 15 is 0 Å². The van der Waals surface area contributed by atoms with Crippen LogP contribution in [-0.4, -0.2) is 61.7 Å². The molecule has 0 aliphatic carbocycles. The third kappa shape index (κ3) is 4.93. The number of carboxylic acids is 1. The highest BCUT2D eigenvalue weighted by atomic mass is 32.2. The van der Waals surface area contributed by atoms with Gasteiger partial charge in [-0.15, -0.1) is 0 Å². The van der Waals surface area contributed by atoms with Crippen LogP contribution < -0.4 is 10.1 Å². The van der Waals surface area contributed by atoms with Gasteiger partial charge in [0.25, 0.3) is 5.91 Å². The van der Waals surface area contributed by atoms with Crippen LogP contribution in [0.3, 0.4) is 0 Å². The monoisotopic (exact) mass is 342 g/mol. The van der Waals surface area contributed by atoms with E-state index in [1.54, 1.807) is 18.2 Å². The topological polar surface area (TPSA) is 113 Å². The molecule has 23 heavy (non-hydrogen) atoms. The summed E-state index contributed by atoms with van der Waals surface area (Å²) < 4.78 is 29.6. The molecule has 1 aliphatic rings.